The molecule has 1 aromatic rings. The van der Waals surface area contributed by atoms with Gasteiger partial charge in [-0.25, -0.2) is 0 Å². The highest BCUT2D eigenvalue weighted by atomic mass is 32.2. The van der Waals surface area contributed by atoms with E-state index in [0.29, 0.717) is 24.9 Å². The van der Waals surface area contributed by atoms with Gasteiger partial charge in [0.05, 0.1) is 0 Å². The number of rotatable bonds is 4. The maximum Gasteiger partial charge on any atom is 0.251 e. The number of thioether (sulfide) groups is 1. The van der Waals surface area contributed by atoms with Gasteiger partial charge in [-0.3, -0.25) is 9.59 Å². The van der Waals surface area contributed by atoms with Gasteiger partial charge in [0, 0.05) is 29.0 Å². The zero-order valence-corrected chi connectivity index (χ0v) is 12.9. The van der Waals surface area contributed by atoms with Gasteiger partial charge in [0.25, 0.3) is 5.91 Å². The molecule has 0 aliphatic carbocycles. The third-order valence-corrected chi connectivity index (χ3v) is 4.74. The maximum atomic E-state index is 12.1. The smallest absolute Gasteiger partial charge is 0.251 e. The molecule has 1 aromatic carbocycles. The lowest BCUT2D eigenvalue weighted by atomic mass is 10.00. The van der Waals surface area contributed by atoms with Crippen LogP contribution in [0.4, 0.5) is 5.69 Å². The van der Waals surface area contributed by atoms with Crippen molar-refractivity contribution in [2.24, 2.45) is 0 Å². The van der Waals surface area contributed by atoms with Crippen molar-refractivity contribution in [1.82, 2.24) is 5.32 Å². The van der Waals surface area contributed by atoms with Crippen LogP contribution in [0.1, 0.15) is 36.2 Å². The summed E-state index contributed by atoms with van der Waals surface area (Å²) >= 11 is 1.73. The summed E-state index contributed by atoms with van der Waals surface area (Å²) in [7, 11) is 0. The van der Waals surface area contributed by atoms with Crippen molar-refractivity contribution in [2.45, 2.75) is 31.4 Å². The van der Waals surface area contributed by atoms with Crippen LogP contribution in [0.15, 0.2) is 18.2 Å². The van der Waals surface area contributed by atoms with Gasteiger partial charge in [0.2, 0.25) is 5.91 Å². The number of hydrogen-bond acceptors (Lipinski definition) is 3. The summed E-state index contributed by atoms with van der Waals surface area (Å²) in [5.74, 6) is -0.0248. The molecular weight excluding hydrogens is 272 g/mol. The first kappa shape index (κ1) is 14.9. The maximum absolute atomic E-state index is 12.1. The Labute approximate surface area is 123 Å². The Hall–Kier alpha value is -1.49. The monoisotopic (exact) mass is 292 g/mol. The molecule has 1 heterocycles. The van der Waals surface area contributed by atoms with Gasteiger partial charge in [-0.1, -0.05) is 0 Å². The fraction of sp³-hybridized carbons (Fsp3) is 0.467. The molecule has 1 aliphatic heterocycles. The Kier molecular flexibility index (Phi) is 4.38. The predicted molar refractivity (Wildman–Crippen MR) is 83.3 cm³/mol. The zero-order valence-electron chi connectivity index (χ0n) is 12.1. The Bertz CT molecular complexity index is 541. The van der Waals surface area contributed by atoms with Crippen LogP contribution in [-0.2, 0) is 11.2 Å². The molecule has 0 aromatic heterocycles. The second kappa shape index (κ2) is 5.87. The van der Waals surface area contributed by atoms with E-state index in [2.05, 4.69) is 24.5 Å². The van der Waals surface area contributed by atoms with Crippen molar-refractivity contribution >= 4 is 29.3 Å². The lowest BCUT2D eigenvalue weighted by Gasteiger charge is -2.22. The van der Waals surface area contributed by atoms with Gasteiger partial charge in [-0.15, -0.1) is 0 Å². The Morgan fingerprint density at radius 2 is 2.15 bits per heavy atom. The number of carbonyl (C=O) groups is 2. The molecule has 0 saturated carbocycles. The molecule has 0 bridgehead atoms. The Morgan fingerprint density at radius 3 is 2.85 bits per heavy atom. The first-order valence-corrected chi connectivity index (χ1v) is 7.90. The standard InChI is InChI=1S/C15H20N2O2S/c1-15(2,20-3)9-16-14(19)11-4-6-12-10(8-11)5-7-13(18)17-12/h4,6,8H,5,7,9H2,1-3H3,(H,16,19)(H,17,18). The Balaban J connectivity index is 2.06. The minimum absolute atomic E-state index is 0.0256. The second-order valence-corrected chi connectivity index (χ2v) is 7.08. The number of fused-ring (bicyclic) bond motifs is 1. The lowest BCUT2D eigenvalue weighted by molar-refractivity contribution is -0.116. The van der Waals surface area contributed by atoms with Crippen molar-refractivity contribution in [2.75, 3.05) is 18.1 Å². The highest BCUT2D eigenvalue weighted by Gasteiger charge is 2.19. The molecule has 2 N–H and O–H groups in total. The van der Waals surface area contributed by atoms with Crippen LogP contribution in [0.3, 0.4) is 0 Å². The minimum atomic E-state index is -0.0631. The third-order valence-electron chi connectivity index (χ3n) is 3.49. The third kappa shape index (κ3) is 3.54. The molecule has 20 heavy (non-hydrogen) atoms. The van der Waals surface area contributed by atoms with Crippen molar-refractivity contribution in [3.8, 4) is 0 Å². The summed E-state index contributed by atoms with van der Waals surface area (Å²) in [4.78, 5) is 23.4. The average Bonchev–Trinajstić information content (AvgIpc) is 2.44. The van der Waals surface area contributed by atoms with Gasteiger partial charge in [0.1, 0.15) is 0 Å². The van der Waals surface area contributed by atoms with Gasteiger partial charge in [-0.05, 0) is 50.3 Å². The van der Waals surface area contributed by atoms with Crippen LogP contribution in [0.2, 0.25) is 0 Å². The molecule has 4 nitrogen and oxygen atoms in total. The van der Waals surface area contributed by atoms with Crippen LogP contribution in [-0.4, -0.2) is 29.4 Å². The molecule has 0 fully saturated rings. The molecule has 0 unspecified atom stereocenters. The number of anilines is 1. The second-order valence-electron chi connectivity index (χ2n) is 5.57. The topological polar surface area (TPSA) is 58.2 Å². The number of carbonyl (C=O) groups excluding carboxylic acids is 2. The molecule has 108 valence electrons. The van der Waals surface area contributed by atoms with E-state index in [4.69, 9.17) is 0 Å². The van der Waals surface area contributed by atoms with Gasteiger partial charge < -0.3 is 10.6 Å². The molecular formula is C15H20N2O2S. The van der Waals surface area contributed by atoms with Crippen LogP contribution >= 0.6 is 11.8 Å². The number of aryl methyl sites for hydroxylation is 1. The largest absolute Gasteiger partial charge is 0.351 e. The van der Waals surface area contributed by atoms with E-state index in [1.54, 1.807) is 23.9 Å². The molecule has 2 rings (SSSR count). The van der Waals surface area contributed by atoms with Gasteiger partial charge in [-0.2, -0.15) is 11.8 Å². The number of nitrogens with one attached hydrogen (secondary N) is 2. The summed E-state index contributed by atoms with van der Waals surface area (Å²) in [5, 5.41) is 5.78. The SMILES string of the molecule is CSC(C)(C)CNC(=O)c1ccc2c(c1)CCC(=O)N2. The number of amides is 2. The highest BCUT2D eigenvalue weighted by Crippen LogP contribution is 2.24. The fourth-order valence-corrected chi connectivity index (χ4v) is 2.21. The molecule has 0 saturated heterocycles. The van der Waals surface area contributed by atoms with Crippen LogP contribution < -0.4 is 10.6 Å². The minimum Gasteiger partial charge on any atom is -0.351 e. The van der Waals surface area contributed by atoms with Crippen molar-refractivity contribution in [3.05, 3.63) is 29.3 Å². The van der Waals surface area contributed by atoms with Crippen molar-refractivity contribution in [3.63, 3.8) is 0 Å². The van der Waals surface area contributed by atoms with Crippen LogP contribution in [0.25, 0.3) is 0 Å². The van der Waals surface area contributed by atoms with Crippen LogP contribution in [0, 0.1) is 0 Å². The zero-order chi connectivity index (χ0) is 14.8. The first-order valence-electron chi connectivity index (χ1n) is 6.67. The van der Waals surface area contributed by atoms with E-state index in [-0.39, 0.29) is 16.6 Å². The molecule has 2 amide bonds. The summed E-state index contributed by atoms with van der Waals surface area (Å²) in [6.45, 7) is 4.82. The van der Waals surface area contributed by atoms with E-state index in [0.717, 1.165) is 11.3 Å². The van der Waals surface area contributed by atoms with Crippen molar-refractivity contribution in [1.29, 1.82) is 0 Å². The van der Waals surface area contributed by atoms with Crippen LogP contribution in [0.5, 0.6) is 0 Å². The molecule has 0 atom stereocenters. The summed E-state index contributed by atoms with van der Waals surface area (Å²) < 4.78 is 0.0256. The van der Waals surface area contributed by atoms with E-state index in [1.165, 1.54) is 0 Å². The summed E-state index contributed by atoms with van der Waals surface area (Å²) in [6.07, 6.45) is 3.21. The quantitative estimate of drug-likeness (QED) is 0.896. The summed E-state index contributed by atoms with van der Waals surface area (Å²) in [5.41, 5.74) is 2.50. The normalized spacial score (nSPS) is 14.4. The Morgan fingerprint density at radius 1 is 1.40 bits per heavy atom. The summed E-state index contributed by atoms with van der Waals surface area (Å²) in [6, 6.07) is 5.43. The molecule has 5 heteroatoms. The van der Waals surface area contributed by atoms with E-state index in [1.807, 2.05) is 12.3 Å². The lowest BCUT2D eigenvalue weighted by Crippen LogP contribution is -2.36. The van der Waals surface area contributed by atoms with Gasteiger partial charge >= 0.3 is 0 Å². The van der Waals surface area contributed by atoms with E-state index < -0.39 is 0 Å². The highest BCUT2D eigenvalue weighted by molar-refractivity contribution is 7.99. The van der Waals surface area contributed by atoms with Crippen molar-refractivity contribution < 1.29 is 9.59 Å². The first-order chi connectivity index (χ1) is 9.41. The van der Waals surface area contributed by atoms with E-state index >= 15 is 0 Å². The average molecular weight is 292 g/mol. The van der Waals surface area contributed by atoms with E-state index in [9.17, 15) is 9.59 Å². The molecule has 1 aliphatic rings. The predicted octanol–water partition coefficient (Wildman–Crippen LogP) is 2.44. The molecule has 0 radical (unpaired) electrons. The number of benzene rings is 1. The molecule has 0 spiro atoms. The van der Waals surface area contributed by atoms with Gasteiger partial charge in [0.15, 0.2) is 0 Å². The fourth-order valence-electron chi connectivity index (χ4n) is 1.99. The number of hydrogen-bond donors (Lipinski definition) is 2.